The number of nitrogens with two attached hydrogens (primary N) is 2. The van der Waals surface area contributed by atoms with Gasteiger partial charge in [0.1, 0.15) is 0 Å². The van der Waals surface area contributed by atoms with Crippen molar-refractivity contribution in [2.24, 2.45) is 5.73 Å². The van der Waals surface area contributed by atoms with E-state index in [0.29, 0.717) is 27.6 Å². The van der Waals surface area contributed by atoms with Gasteiger partial charge in [0.25, 0.3) is 11.8 Å². The molecular weight excluding hydrogens is 270 g/mol. The number of carbonyl (C=O) groups excluding carboxylic acids is 3. The van der Waals surface area contributed by atoms with E-state index in [1.54, 1.807) is 30.3 Å². The van der Waals surface area contributed by atoms with Gasteiger partial charge in [-0.15, -0.1) is 0 Å². The molecule has 2 aromatic rings. The van der Waals surface area contributed by atoms with E-state index in [1.165, 1.54) is 0 Å². The fourth-order valence-corrected chi connectivity index (χ4v) is 2.59. The monoisotopic (exact) mass is 283 g/mol. The number of carbonyl (C=O) groups is 3. The standard InChI is InChI=1S/C15H13N3O3/c16-11-5-4-10-13-8(11)2-1-3-9(13)14(20)18(15(10)21)7-6-12(17)19/h1-5H,6-7,16H2,(H2,17,19). The first kappa shape index (κ1) is 13.1. The third kappa shape index (κ3) is 1.92. The fourth-order valence-electron chi connectivity index (χ4n) is 2.59. The van der Waals surface area contributed by atoms with E-state index in [4.69, 9.17) is 11.5 Å². The molecule has 0 radical (unpaired) electrons. The molecule has 0 saturated carbocycles. The average Bonchev–Trinajstić information content (AvgIpc) is 2.45. The van der Waals surface area contributed by atoms with E-state index in [2.05, 4.69) is 0 Å². The molecular formula is C15H13N3O3. The number of imide groups is 1. The molecule has 0 atom stereocenters. The molecule has 3 rings (SSSR count). The van der Waals surface area contributed by atoms with Crippen LogP contribution >= 0.6 is 0 Å². The van der Waals surface area contributed by atoms with Crippen molar-refractivity contribution in [2.75, 3.05) is 12.3 Å². The highest BCUT2D eigenvalue weighted by atomic mass is 16.2. The van der Waals surface area contributed by atoms with Crippen LogP contribution in [-0.2, 0) is 4.79 Å². The Hall–Kier alpha value is -2.89. The summed E-state index contributed by atoms with van der Waals surface area (Å²) in [7, 11) is 0. The average molecular weight is 283 g/mol. The molecule has 0 bridgehead atoms. The van der Waals surface area contributed by atoms with Crippen LogP contribution in [0.2, 0.25) is 0 Å². The summed E-state index contributed by atoms with van der Waals surface area (Å²) >= 11 is 0. The number of nitrogen functional groups attached to an aromatic ring is 1. The Labute approximate surface area is 120 Å². The molecule has 6 nitrogen and oxygen atoms in total. The van der Waals surface area contributed by atoms with Crippen LogP contribution in [-0.4, -0.2) is 29.2 Å². The summed E-state index contributed by atoms with van der Waals surface area (Å²) in [5, 5.41) is 1.25. The lowest BCUT2D eigenvalue weighted by atomic mass is 9.93. The number of anilines is 1. The van der Waals surface area contributed by atoms with E-state index in [1.807, 2.05) is 0 Å². The summed E-state index contributed by atoms with van der Waals surface area (Å²) in [4.78, 5) is 36.8. The van der Waals surface area contributed by atoms with Crippen molar-refractivity contribution in [1.82, 2.24) is 4.90 Å². The van der Waals surface area contributed by atoms with Crippen LogP contribution in [0, 0.1) is 0 Å². The summed E-state index contributed by atoms with van der Waals surface area (Å²) in [5.74, 6) is -1.41. The highest BCUT2D eigenvalue weighted by Crippen LogP contribution is 2.33. The predicted molar refractivity (Wildman–Crippen MR) is 77.5 cm³/mol. The number of hydrogen-bond acceptors (Lipinski definition) is 4. The summed E-state index contributed by atoms with van der Waals surface area (Å²) in [6, 6.07) is 8.39. The lowest BCUT2D eigenvalue weighted by Crippen LogP contribution is -2.42. The Bertz CT molecular complexity index is 776. The molecule has 0 fully saturated rings. The maximum Gasteiger partial charge on any atom is 0.261 e. The third-order valence-electron chi connectivity index (χ3n) is 3.61. The van der Waals surface area contributed by atoms with Gasteiger partial charge in [0.05, 0.1) is 0 Å². The van der Waals surface area contributed by atoms with E-state index in [0.717, 1.165) is 4.90 Å². The minimum absolute atomic E-state index is 0.0206. The Morgan fingerprint density at radius 1 is 1.05 bits per heavy atom. The second-order valence-corrected chi connectivity index (χ2v) is 4.91. The number of nitrogens with zero attached hydrogens (tertiary/aromatic N) is 1. The van der Waals surface area contributed by atoms with Gasteiger partial charge in [-0.1, -0.05) is 12.1 Å². The molecule has 4 N–H and O–H groups in total. The van der Waals surface area contributed by atoms with Crippen LogP contribution in [0.5, 0.6) is 0 Å². The molecule has 0 aromatic heterocycles. The molecule has 1 aliphatic rings. The first-order chi connectivity index (χ1) is 10.0. The van der Waals surface area contributed by atoms with Gasteiger partial charge in [0.2, 0.25) is 5.91 Å². The Kier molecular flexibility index (Phi) is 2.86. The minimum atomic E-state index is -0.558. The maximum absolute atomic E-state index is 12.4. The van der Waals surface area contributed by atoms with Gasteiger partial charge in [-0.2, -0.15) is 0 Å². The van der Waals surface area contributed by atoms with Gasteiger partial charge >= 0.3 is 0 Å². The SMILES string of the molecule is NC(=O)CCN1C(=O)c2cccc3c(N)ccc(c23)C1=O. The quantitative estimate of drug-likeness (QED) is 0.644. The van der Waals surface area contributed by atoms with Crippen molar-refractivity contribution in [2.45, 2.75) is 6.42 Å². The largest absolute Gasteiger partial charge is 0.398 e. The molecule has 2 aromatic carbocycles. The molecule has 21 heavy (non-hydrogen) atoms. The Balaban J connectivity index is 2.17. The highest BCUT2D eigenvalue weighted by Gasteiger charge is 2.32. The fraction of sp³-hybridized carbons (Fsp3) is 0.133. The number of primary amides is 1. The van der Waals surface area contributed by atoms with Crippen LogP contribution in [0.25, 0.3) is 10.8 Å². The van der Waals surface area contributed by atoms with Crippen LogP contribution in [0.15, 0.2) is 30.3 Å². The smallest absolute Gasteiger partial charge is 0.261 e. The van der Waals surface area contributed by atoms with Gasteiger partial charge in [-0.3, -0.25) is 19.3 Å². The first-order valence-electron chi connectivity index (χ1n) is 6.46. The van der Waals surface area contributed by atoms with Crippen molar-refractivity contribution in [1.29, 1.82) is 0 Å². The highest BCUT2D eigenvalue weighted by molar-refractivity contribution is 6.26. The molecule has 0 unspecified atom stereocenters. The molecule has 1 heterocycles. The second-order valence-electron chi connectivity index (χ2n) is 4.91. The summed E-state index contributed by atoms with van der Waals surface area (Å²) in [5.41, 5.74) is 12.3. The van der Waals surface area contributed by atoms with Crippen molar-refractivity contribution in [3.05, 3.63) is 41.5 Å². The van der Waals surface area contributed by atoms with Gasteiger partial charge in [0, 0.05) is 40.6 Å². The van der Waals surface area contributed by atoms with Gasteiger partial charge in [-0.25, -0.2) is 0 Å². The molecule has 1 aliphatic heterocycles. The zero-order valence-corrected chi connectivity index (χ0v) is 11.1. The van der Waals surface area contributed by atoms with E-state index < -0.39 is 17.7 Å². The van der Waals surface area contributed by atoms with Gasteiger partial charge < -0.3 is 11.5 Å². The second kappa shape index (κ2) is 4.59. The Morgan fingerprint density at radius 3 is 2.38 bits per heavy atom. The molecule has 3 amide bonds. The summed E-state index contributed by atoms with van der Waals surface area (Å²) < 4.78 is 0. The molecule has 0 saturated heterocycles. The van der Waals surface area contributed by atoms with Gasteiger partial charge in [0.15, 0.2) is 0 Å². The first-order valence-corrected chi connectivity index (χ1v) is 6.46. The van der Waals surface area contributed by atoms with Crippen LogP contribution < -0.4 is 11.5 Å². The topological polar surface area (TPSA) is 106 Å². The Morgan fingerprint density at radius 2 is 1.71 bits per heavy atom. The summed E-state index contributed by atoms with van der Waals surface area (Å²) in [6.45, 7) is -0.0206. The number of amides is 3. The molecule has 0 aliphatic carbocycles. The van der Waals surface area contributed by atoms with E-state index >= 15 is 0 Å². The van der Waals surface area contributed by atoms with Crippen LogP contribution in [0.3, 0.4) is 0 Å². The van der Waals surface area contributed by atoms with Gasteiger partial charge in [-0.05, 0) is 18.2 Å². The zero-order valence-electron chi connectivity index (χ0n) is 11.1. The number of benzene rings is 2. The van der Waals surface area contributed by atoms with Crippen molar-refractivity contribution >= 4 is 34.2 Å². The lowest BCUT2D eigenvalue weighted by Gasteiger charge is -2.27. The van der Waals surface area contributed by atoms with Crippen molar-refractivity contribution in [3.63, 3.8) is 0 Å². The number of hydrogen-bond donors (Lipinski definition) is 2. The maximum atomic E-state index is 12.4. The van der Waals surface area contributed by atoms with Crippen molar-refractivity contribution in [3.8, 4) is 0 Å². The lowest BCUT2D eigenvalue weighted by molar-refractivity contribution is -0.118. The van der Waals surface area contributed by atoms with Crippen LogP contribution in [0.1, 0.15) is 27.1 Å². The molecule has 106 valence electrons. The third-order valence-corrected chi connectivity index (χ3v) is 3.61. The summed E-state index contributed by atoms with van der Waals surface area (Å²) in [6.07, 6.45) is -0.0578. The number of rotatable bonds is 3. The molecule has 6 heteroatoms. The van der Waals surface area contributed by atoms with E-state index in [9.17, 15) is 14.4 Å². The normalized spacial score (nSPS) is 13.8. The minimum Gasteiger partial charge on any atom is -0.398 e. The molecule has 0 spiro atoms. The van der Waals surface area contributed by atoms with Crippen molar-refractivity contribution < 1.29 is 14.4 Å². The zero-order chi connectivity index (χ0) is 15.1. The van der Waals surface area contributed by atoms with Crippen LogP contribution in [0.4, 0.5) is 5.69 Å². The predicted octanol–water partition coefficient (Wildman–Crippen LogP) is 0.893. The van der Waals surface area contributed by atoms with E-state index in [-0.39, 0.29) is 13.0 Å².